The van der Waals surface area contributed by atoms with E-state index >= 15 is 0 Å². The van der Waals surface area contributed by atoms with E-state index < -0.39 is 38.0 Å². The summed E-state index contributed by atoms with van der Waals surface area (Å²) < 4.78 is 33.0. The predicted molar refractivity (Wildman–Crippen MR) is 114 cm³/mol. The van der Waals surface area contributed by atoms with Crippen molar-refractivity contribution in [3.8, 4) is 5.75 Å². The second kappa shape index (κ2) is 9.35. The normalized spacial score (nSPS) is 11.6. The van der Waals surface area contributed by atoms with Crippen molar-refractivity contribution >= 4 is 99.2 Å². The number of phenols is 1. The molecule has 0 spiro atoms. The smallest absolute Gasteiger partial charge is 0.339 e. The zero-order valence-corrected chi connectivity index (χ0v) is 19.8. The molecule has 3 aromatic carbocycles. The third kappa shape index (κ3) is 4.72. The van der Waals surface area contributed by atoms with Gasteiger partial charge in [0.2, 0.25) is 0 Å². The Balaban J connectivity index is 0.00000320. The Morgan fingerprint density at radius 1 is 1.07 bits per heavy atom. The van der Waals surface area contributed by atoms with Crippen molar-refractivity contribution in [3.63, 3.8) is 0 Å². The number of benzene rings is 3. The van der Waals surface area contributed by atoms with E-state index in [4.69, 9.17) is 23.2 Å². The van der Waals surface area contributed by atoms with E-state index in [9.17, 15) is 28.0 Å². The molecule has 152 valence electrons. The van der Waals surface area contributed by atoms with Crippen LogP contribution in [0, 0.1) is 6.92 Å². The van der Waals surface area contributed by atoms with Gasteiger partial charge in [-0.25, -0.2) is 4.79 Å². The van der Waals surface area contributed by atoms with Crippen LogP contribution in [0.25, 0.3) is 10.8 Å². The number of nitrogens with zero attached hydrogens (tertiary/aromatic N) is 2. The Bertz CT molecular complexity index is 1310. The first kappa shape index (κ1) is 24.8. The summed E-state index contributed by atoms with van der Waals surface area (Å²) in [6.45, 7) is 1.54. The number of aryl methyl sites for hydroxylation is 1. The number of carboxylic acid groups (broad SMARTS) is 1. The molecule has 0 atom stereocenters. The van der Waals surface area contributed by atoms with Gasteiger partial charge in [0.1, 0.15) is 21.8 Å². The van der Waals surface area contributed by atoms with Crippen LogP contribution in [0.2, 0.25) is 10.0 Å². The van der Waals surface area contributed by atoms with Crippen LogP contribution in [0.3, 0.4) is 0 Å². The van der Waals surface area contributed by atoms with Gasteiger partial charge >= 0.3 is 5.97 Å². The van der Waals surface area contributed by atoms with Gasteiger partial charge in [-0.05, 0) is 30.0 Å². The maximum absolute atomic E-state index is 11.8. The number of carbonyl (C=O) groups is 1. The van der Waals surface area contributed by atoms with E-state index in [-0.39, 0.29) is 53.5 Å². The minimum absolute atomic E-state index is 0. The van der Waals surface area contributed by atoms with Crippen LogP contribution in [0.15, 0.2) is 51.5 Å². The number of aromatic hydroxyl groups is 1. The number of azo groups is 1. The van der Waals surface area contributed by atoms with Gasteiger partial charge < -0.3 is 10.2 Å². The number of aromatic carboxylic acids is 1. The molecule has 12 heteroatoms. The molecule has 3 rings (SSSR count). The quantitative estimate of drug-likeness (QED) is 0.260. The first-order chi connectivity index (χ1) is 13.5. The molecule has 0 saturated carbocycles. The number of hydrogen-bond donors (Lipinski definition) is 3. The number of rotatable bonds is 4. The number of carboxylic acids is 1. The topological polar surface area (TPSA) is 137 Å². The van der Waals surface area contributed by atoms with Crippen LogP contribution >= 0.6 is 23.2 Å². The SMILES string of the molecule is Cc1cc(Cl)c(S(=O)(=O)O)c(N=Nc2c(O)c(C(=O)O)cc3ccccc23)c1Cl.[Ca]. The molecule has 0 aliphatic carbocycles. The Morgan fingerprint density at radius 3 is 2.27 bits per heavy atom. The third-order valence-electron chi connectivity index (χ3n) is 4.06. The average Bonchev–Trinajstić information content (AvgIpc) is 2.62. The first-order valence-corrected chi connectivity index (χ1v) is 10.1. The molecule has 0 aliphatic rings. The fourth-order valence-electron chi connectivity index (χ4n) is 2.73. The second-order valence-electron chi connectivity index (χ2n) is 5.99. The van der Waals surface area contributed by atoms with Crippen LogP contribution in [0.4, 0.5) is 11.4 Å². The molecule has 3 N–H and O–H groups in total. The second-order valence-corrected chi connectivity index (χ2v) is 8.13. The summed E-state index contributed by atoms with van der Waals surface area (Å²) in [5.74, 6) is -2.05. The van der Waals surface area contributed by atoms with E-state index in [1.807, 2.05) is 0 Å². The molecule has 30 heavy (non-hydrogen) atoms. The summed E-state index contributed by atoms with van der Waals surface area (Å²) >= 11 is 12.1. The Morgan fingerprint density at radius 2 is 1.67 bits per heavy atom. The number of fused-ring (bicyclic) bond motifs is 1. The van der Waals surface area contributed by atoms with Gasteiger partial charge in [-0.2, -0.15) is 8.42 Å². The molecular formula is C18H12CaCl2N2O6S. The minimum Gasteiger partial charge on any atom is -0.505 e. The van der Waals surface area contributed by atoms with Gasteiger partial charge in [-0.3, -0.25) is 4.55 Å². The van der Waals surface area contributed by atoms with Crippen molar-refractivity contribution in [2.75, 3.05) is 0 Å². The molecule has 8 nitrogen and oxygen atoms in total. The van der Waals surface area contributed by atoms with Gasteiger partial charge in [0, 0.05) is 43.1 Å². The fourth-order valence-corrected chi connectivity index (χ4v) is 4.22. The molecule has 0 bridgehead atoms. The molecule has 0 aliphatic heterocycles. The molecule has 0 heterocycles. The largest absolute Gasteiger partial charge is 0.505 e. The van der Waals surface area contributed by atoms with E-state index in [2.05, 4.69) is 10.2 Å². The predicted octanol–water partition coefficient (Wildman–Crippen LogP) is 5.14. The monoisotopic (exact) mass is 494 g/mol. The summed E-state index contributed by atoms with van der Waals surface area (Å²) in [7, 11) is -4.81. The van der Waals surface area contributed by atoms with Gasteiger partial charge in [0.05, 0.1) is 10.0 Å². The summed E-state index contributed by atoms with van der Waals surface area (Å²) in [6, 6.07) is 9.00. The van der Waals surface area contributed by atoms with Crippen molar-refractivity contribution in [1.29, 1.82) is 0 Å². The van der Waals surface area contributed by atoms with E-state index in [0.29, 0.717) is 16.3 Å². The van der Waals surface area contributed by atoms with Crippen LogP contribution < -0.4 is 0 Å². The fraction of sp³-hybridized carbons (Fsp3) is 0.0556. The Labute approximate surface area is 210 Å². The standard InChI is InChI=1S/C18H12Cl2N2O6S.Ca/c1-8-6-12(19)17(29(26,27)28)15(13(8)20)22-21-14-10-5-3-2-4-9(10)7-11(16(14)23)18(24)25;/h2-7,23H,1H3,(H,24,25)(H,26,27,28);. The average molecular weight is 495 g/mol. The van der Waals surface area contributed by atoms with Gasteiger partial charge in [0.15, 0.2) is 5.75 Å². The minimum atomic E-state index is -4.81. The maximum Gasteiger partial charge on any atom is 0.339 e. The molecule has 0 unspecified atom stereocenters. The number of hydrogen-bond acceptors (Lipinski definition) is 6. The van der Waals surface area contributed by atoms with Crippen molar-refractivity contribution in [3.05, 3.63) is 57.6 Å². The third-order valence-corrected chi connectivity index (χ3v) is 5.88. The van der Waals surface area contributed by atoms with Crippen molar-refractivity contribution < 1.29 is 28.0 Å². The Hall–Kier alpha value is -1.46. The molecule has 2 radical (unpaired) electrons. The summed E-state index contributed by atoms with van der Waals surface area (Å²) in [5.41, 5.74) is -0.703. The maximum atomic E-state index is 11.8. The summed E-state index contributed by atoms with van der Waals surface area (Å²) in [5, 5.41) is 27.7. The molecule has 0 amide bonds. The molecule has 0 fully saturated rings. The van der Waals surface area contributed by atoms with Crippen LogP contribution in [0.1, 0.15) is 15.9 Å². The van der Waals surface area contributed by atoms with E-state index in [0.717, 1.165) is 0 Å². The molecule has 0 saturated heterocycles. The molecular weight excluding hydrogens is 483 g/mol. The van der Waals surface area contributed by atoms with Crippen LogP contribution in [-0.4, -0.2) is 66.9 Å². The van der Waals surface area contributed by atoms with Crippen molar-refractivity contribution in [1.82, 2.24) is 0 Å². The zero-order chi connectivity index (χ0) is 21.5. The zero-order valence-electron chi connectivity index (χ0n) is 15.3. The number of halogens is 2. The van der Waals surface area contributed by atoms with Crippen molar-refractivity contribution in [2.45, 2.75) is 11.8 Å². The first-order valence-electron chi connectivity index (χ1n) is 7.88. The summed E-state index contributed by atoms with van der Waals surface area (Å²) in [6.07, 6.45) is 0. The molecule has 3 aromatic rings. The molecule has 0 aromatic heterocycles. The van der Waals surface area contributed by atoms with Crippen LogP contribution in [0.5, 0.6) is 5.75 Å². The Kier molecular flexibility index (Phi) is 7.73. The van der Waals surface area contributed by atoms with Crippen molar-refractivity contribution in [2.24, 2.45) is 10.2 Å². The van der Waals surface area contributed by atoms with Crippen LogP contribution in [-0.2, 0) is 10.1 Å². The van der Waals surface area contributed by atoms with E-state index in [1.54, 1.807) is 31.2 Å². The van der Waals surface area contributed by atoms with E-state index in [1.165, 1.54) is 12.1 Å². The van der Waals surface area contributed by atoms with Gasteiger partial charge in [-0.15, -0.1) is 10.2 Å². The van der Waals surface area contributed by atoms with Gasteiger partial charge in [-0.1, -0.05) is 47.5 Å². The van der Waals surface area contributed by atoms with Gasteiger partial charge in [0.25, 0.3) is 10.1 Å². The summed E-state index contributed by atoms with van der Waals surface area (Å²) in [4.78, 5) is 10.7.